The highest BCUT2D eigenvalue weighted by Gasteiger charge is 2.11. The van der Waals surface area contributed by atoms with Gasteiger partial charge in [-0.2, -0.15) is 5.26 Å². The van der Waals surface area contributed by atoms with E-state index >= 15 is 0 Å². The fourth-order valence-corrected chi connectivity index (χ4v) is 1.48. The molecule has 4 heteroatoms. The molecule has 1 unspecified atom stereocenters. The van der Waals surface area contributed by atoms with Gasteiger partial charge in [-0.1, -0.05) is 0 Å². The number of nitrogens with zero attached hydrogens (tertiary/aromatic N) is 2. The molecule has 17 heavy (non-hydrogen) atoms. The topological polar surface area (TPSA) is 44.1 Å². The van der Waals surface area contributed by atoms with Crippen molar-refractivity contribution in [3.05, 3.63) is 35.4 Å². The first-order valence-electron chi connectivity index (χ1n) is 5.44. The zero-order valence-corrected chi connectivity index (χ0v) is 10.7. The standard InChI is InChI=1S/C13H15ClN2O/c1-10(14)7-8-16(2)13(17)12-5-3-11(9-15)4-6-12/h3-6,10H,7-8H2,1-2H3. The molecule has 0 fully saturated rings. The summed E-state index contributed by atoms with van der Waals surface area (Å²) in [6.45, 7) is 2.53. The Bertz CT molecular complexity index is 420. The first-order chi connectivity index (χ1) is 8.04. The largest absolute Gasteiger partial charge is 0.342 e. The molecule has 0 bridgehead atoms. The summed E-state index contributed by atoms with van der Waals surface area (Å²) in [7, 11) is 1.75. The first-order valence-corrected chi connectivity index (χ1v) is 5.88. The Morgan fingerprint density at radius 3 is 2.53 bits per heavy atom. The van der Waals surface area contributed by atoms with Gasteiger partial charge in [0.05, 0.1) is 11.6 Å². The molecule has 0 heterocycles. The number of rotatable bonds is 4. The molecule has 3 nitrogen and oxygen atoms in total. The minimum atomic E-state index is -0.0493. The first kappa shape index (κ1) is 13.5. The molecule has 1 aromatic carbocycles. The highest BCUT2D eigenvalue weighted by atomic mass is 35.5. The number of carbonyl (C=O) groups is 1. The molecule has 1 aromatic rings. The van der Waals surface area contributed by atoms with Crippen molar-refractivity contribution in [3.63, 3.8) is 0 Å². The van der Waals surface area contributed by atoms with Crippen molar-refractivity contribution in [1.29, 1.82) is 5.26 Å². The third-order valence-corrected chi connectivity index (χ3v) is 2.69. The molecule has 0 N–H and O–H groups in total. The van der Waals surface area contributed by atoms with E-state index < -0.39 is 0 Å². The third kappa shape index (κ3) is 4.08. The van der Waals surface area contributed by atoms with Gasteiger partial charge in [0.1, 0.15) is 0 Å². The molecule has 1 atom stereocenters. The van der Waals surface area contributed by atoms with Crippen LogP contribution in [0.15, 0.2) is 24.3 Å². The van der Waals surface area contributed by atoms with Crippen LogP contribution in [0.4, 0.5) is 0 Å². The number of alkyl halides is 1. The van der Waals surface area contributed by atoms with E-state index in [4.69, 9.17) is 16.9 Å². The smallest absolute Gasteiger partial charge is 0.253 e. The van der Waals surface area contributed by atoms with Crippen LogP contribution in [-0.2, 0) is 0 Å². The monoisotopic (exact) mass is 250 g/mol. The van der Waals surface area contributed by atoms with E-state index in [-0.39, 0.29) is 11.3 Å². The molecule has 0 saturated carbocycles. The Kier molecular flexibility index (Phi) is 4.99. The molecule has 0 spiro atoms. The van der Waals surface area contributed by atoms with Crippen molar-refractivity contribution < 1.29 is 4.79 Å². The number of amides is 1. The van der Waals surface area contributed by atoms with Crippen LogP contribution >= 0.6 is 11.6 Å². The summed E-state index contributed by atoms with van der Waals surface area (Å²) >= 11 is 5.84. The molecule has 0 radical (unpaired) electrons. The van der Waals surface area contributed by atoms with Gasteiger partial charge in [0, 0.05) is 24.5 Å². The zero-order chi connectivity index (χ0) is 12.8. The van der Waals surface area contributed by atoms with Crippen LogP contribution in [0.5, 0.6) is 0 Å². The van der Waals surface area contributed by atoms with Gasteiger partial charge in [-0.25, -0.2) is 0 Å². The molecular weight excluding hydrogens is 236 g/mol. The average Bonchev–Trinajstić information content (AvgIpc) is 2.35. The second-order valence-corrected chi connectivity index (χ2v) is 4.73. The lowest BCUT2D eigenvalue weighted by Crippen LogP contribution is -2.28. The fraction of sp³-hybridized carbons (Fsp3) is 0.385. The van der Waals surface area contributed by atoms with E-state index in [9.17, 15) is 4.79 Å². The number of benzene rings is 1. The lowest BCUT2D eigenvalue weighted by Gasteiger charge is -2.17. The minimum absolute atomic E-state index is 0.0493. The number of hydrogen-bond donors (Lipinski definition) is 0. The summed E-state index contributed by atoms with van der Waals surface area (Å²) in [5.74, 6) is -0.0493. The van der Waals surface area contributed by atoms with E-state index in [1.165, 1.54) is 0 Å². The Labute approximate surface area is 107 Å². The van der Waals surface area contributed by atoms with Crippen molar-refractivity contribution in [1.82, 2.24) is 4.90 Å². The Hall–Kier alpha value is -1.53. The zero-order valence-electron chi connectivity index (χ0n) is 9.98. The Morgan fingerprint density at radius 2 is 2.06 bits per heavy atom. The van der Waals surface area contributed by atoms with Crippen molar-refractivity contribution in [2.75, 3.05) is 13.6 Å². The van der Waals surface area contributed by atoms with Gasteiger partial charge in [-0.3, -0.25) is 4.79 Å². The molecule has 0 aliphatic heterocycles. The third-order valence-electron chi connectivity index (χ3n) is 2.47. The van der Waals surface area contributed by atoms with Gasteiger partial charge in [-0.05, 0) is 37.6 Å². The van der Waals surface area contributed by atoms with Gasteiger partial charge >= 0.3 is 0 Å². The predicted molar refractivity (Wildman–Crippen MR) is 68.0 cm³/mol. The quantitative estimate of drug-likeness (QED) is 0.771. The fourth-order valence-electron chi connectivity index (χ4n) is 1.38. The maximum Gasteiger partial charge on any atom is 0.253 e. The van der Waals surface area contributed by atoms with Crippen LogP contribution in [0.3, 0.4) is 0 Å². The Balaban J connectivity index is 2.65. The van der Waals surface area contributed by atoms with Crippen LogP contribution in [0.25, 0.3) is 0 Å². The molecule has 0 aromatic heterocycles. The van der Waals surface area contributed by atoms with Crippen LogP contribution in [0.2, 0.25) is 0 Å². The highest BCUT2D eigenvalue weighted by Crippen LogP contribution is 2.08. The van der Waals surface area contributed by atoms with Crippen molar-refractivity contribution >= 4 is 17.5 Å². The van der Waals surface area contributed by atoms with Gasteiger partial charge in [0.2, 0.25) is 0 Å². The lowest BCUT2D eigenvalue weighted by molar-refractivity contribution is 0.0793. The summed E-state index contributed by atoms with van der Waals surface area (Å²) in [4.78, 5) is 13.6. The second kappa shape index (κ2) is 6.27. The molecule has 1 rings (SSSR count). The minimum Gasteiger partial charge on any atom is -0.342 e. The maximum atomic E-state index is 12.0. The van der Waals surface area contributed by atoms with Crippen LogP contribution in [0, 0.1) is 11.3 Å². The predicted octanol–water partition coefficient (Wildman–Crippen LogP) is 2.65. The van der Waals surface area contributed by atoms with Gasteiger partial charge in [-0.15, -0.1) is 11.6 Å². The molecule has 1 amide bonds. The normalized spacial score (nSPS) is 11.6. The molecule has 0 aliphatic carbocycles. The molecule has 90 valence electrons. The van der Waals surface area contributed by atoms with Crippen LogP contribution in [-0.4, -0.2) is 29.8 Å². The summed E-state index contributed by atoms with van der Waals surface area (Å²) in [5, 5.41) is 8.72. The average molecular weight is 251 g/mol. The van der Waals surface area contributed by atoms with E-state index in [0.29, 0.717) is 17.7 Å². The number of hydrogen-bond acceptors (Lipinski definition) is 2. The van der Waals surface area contributed by atoms with Crippen LogP contribution in [0.1, 0.15) is 29.3 Å². The molecule has 0 saturated heterocycles. The Morgan fingerprint density at radius 1 is 1.47 bits per heavy atom. The summed E-state index contributed by atoms with van der Waals surface area (Å²) in [6, 6.07) is 8.64. The molecular formula is C13H15ClN2O. The molecule has 0 aliphatic rings. The second-order valence-electron chi connectivity index (χ2n) is 3.99. The van der Waals surface area contributed by atoms with Gasteiger partial charge in [0.25, 0.3) is 5.91 Å². The SMILES string of the molecule is CC(Cl)CCN(C)C(=O)c1ccc(C#N)cc1. The highest BCUT2D eigenvalue weighted by molar-refractivity contribution is 6.20. The lowest BCUT2D eigenvalue weighted by atomic mass is 10.1. The maximum absolute atomic E-state index is 12.0. The van der Waals surface area contributed by atoms with E-state index in [1.54, 1.807) is 36.2 Å². The van der Waals surface area contributed by atoms with Crippen molar-refractivity contribution in [2.24, 2.45) is 0 Å². The summed E-state index contributed by atoms with van der Waals surface area (Å²) < 4.78 is 0. The van der Waals surface area contributed by atoms with Crippen LogP contribution < -0.4 is 0 Å². The van der Waals surface area contributed by atoms with Crippen molar-refractivity contribution in [2.45, 2.75) is 18.7 Å². The summed E-state index contributed by atoms with van der Waals surface area (Å²) in [5.41, 5.74) is 1.15. The number of carbonyl (C=O) groups excluding carboxylic acids is 1. The van der Waals surface area contributed by atoms with E-state index in [2.05, 4.69) is 0 Å². The van der Waals surface area contributed by atoms with E-state index in [0.717, 1.165) is 6.42 Å². The number of nitriles is 1. The van der Waals surface area contributed by atoms with Crippen molar-refractivity contribution in [3.8, 4) is 6.07 Å². The summed E-state index contributed by atoms with van der Waals surface area (Å²) in [6.07, 6.45) is 0.764. The number of halogens is 1. The van der Waals surface area contributed by atoms with Gasteiger partial charge < -0.3 is 4.90 Å². The van der Waals surface area contributed by atoms with E-state index in [1.807, 2.05) is 13.0 Å². The van der Waals surface area contributed by atoms with Gasteiger partial charge in [0.15, 0.2) is 0 Å².